The summed E-state index contributed by atoms with van der Waals surface area (Å²) in [5, 5.41) is 0. The smallest absolute Gasteiger partial charge is 0.138 e. The predicted molar refractivity (Wildman–Crippen MR) is 58.3 cm³/mol. The van der Waals surface area contributed by atoms with Crippen molar-refractivity contribution in [2.45, 2.75) is 26.7 Å². The molecular weight excluding hydrogens is 174 g/mol. The highest BCUT2D eigenvalue weighted by molar-refractivity contribution is 5.54. The van der Waals surface area contributed by atoms with Crippen LogP contribution in [0.5, 0.6) is 0 Å². The molecule has 14 heavy (non-hydrogen) atoms. The largest absolute Gasteiger partial charge is 0.383 e. The van der Waals surface area contributed by atoms with Crippen LogP contribution in [0.4, 0.5) is 5.82 Å². The molecule has 0 saturated heterocycles. The molecule has 0 aliphatic carbocycles. The number of nitrogens with zero attached hydrogens (tertiary/aromatic N) is 2. The van der Waals surface area contributed by atoms with Crippen LogP contribution in [0.15, 0.2) is 18.2 Å². The molecule has 3 heteroatoms. The van der Waals surface area contributed by atoms with Gasteiger partial charge in [-0.3, -0.25) is 4.40 Å². The van der Waals surface area contributed by atoms with Crippen LogP contribution < -0.4 is 5.73 Å². The minimum Gasteiger partial charge on any atom is -0.383 e. The lowest BCUT2D eigenvalue weighted by Crippen LogP contribution is -1.98. The standard InChI is InChI=1S/C11H15N3/c1-3-5-9-11(12)14-8(2)6-4-7-10(14)13-9/h4,6-7H,3,5,12H2,1-2H3. The number of hydrogen-bond acceptors (Lipinski definition) is 2. The van der Waals surface area contributed by atoms with Gasteiger partial charge in [-0.15, -0.1) is 0 Å². The Morgan fingerprint density at radius 3 is 2.86 bits per heavy atom. The van der Waals surface area contributed by atoms with Crippen molar-refractivity contribution in [1.29, 1.82) is 0 Å². The molecule has 2 heterocycles. The Hall–Kier alpha value is -1.51. The molecular formula is C11H15N3. The molecule has 0 radical (unpaired) electrons. The summed E-state index contributed by atoms with van der Waals surface area (Å²) in [6.45, 7) is 4.18. The summed E-state index contributed by atoms with van der Waals surface area (Å²) in [5.41, 5.74) is 9.13. The first-order valence-corrected chi connectivity index (χ1v) is 4.96. The van der Waals surface area contributed by atoms with Gasteiger partial charge < -0.3 is 5.73 Å². The fourth-order valence-corrected chi connectivity index (χ4v) is 1.75. The van der Waals surface area contributed by atoms with Gasteiger partial charge in [0.25, 0.3) is 0 Å². The molecule has 0 aliphatic heterocycles. The molecule has 2 aromatic rings. The Morgan fingerprint density at radius 2 is 2.21 bits per heavy atom. The highest BCUT2D eigenvalue weighted by Crippen LogP contribution is 2.18. The molecule has 2 N–H and O–H groups in total. The fraction of sp³-hybridized carbons (Fsp3) is 0.364. The molecule has 0 atom stereocenters. The Bertz CT molecular complexity index is 457. The summed E-state index contributed by atoms with van der Waals surface area (Å²) in [7, 11) is 0. The van der Waals surface area contributed by atoms with Gasteiger partial charge in [0.15, 0.2) is 0 Å². The van der Waals surface area contributed by atoms with Gasteiger partial charge in [0.1, 0.15) is 11.5 Å². The number of rotatable bonds is 2. The van der Waals surface area contributed by atoms with Crippen LogP contribution in [0.3, 0.4) is 0 Å². The van der Waals surface area contributed by atoms with E-state index in [0.29, 0.717) is 0 Å². The maximum Gasteiger partial charge on any atom is 0.138 e. The number of aromatic nitrogens is 2. The maximum absolute atomic E-state index is 6.03. The van der Waals surface area contributed by atoms with Crippen molar-refractivity contribution in [3.8, 4) is 0 Å². The number of nitrogen functional groups attached to an aromatic ring is 1. The Kier molecular flexibility index (Phi) is 2.15. The minimum atomic E-state index is 0.792. The molecule has 74 valence electrons. The maximum atomic E-state index is 6.03. The van der Waals surface area contributed by atoms with Gasteiger partial charge in [0.05, 0.1) is 5.69 Å². The molecule has 3 nitrogen and oxygen atoms in total. The highest BCUT2D eigenvalue weighted by Gasteiger charge is 2.08. The Labute approximate surface area is 83.6 Å². The summed E-state index contributed by atoms with van der Waals surface area (Å²) in [5.74, 6) is 0.792. The number of imidazole rings is 1. The van der Waals surface area contributed by atoms with E-state index < -0.39 is 0 Å². The third-order valence-corrected chi connectivity index (χ3v) is 2.44. The van der Waals surface area contributed by atoms with Crippen LogP contribution in [-0.2, 0) is 6.42 Å². The van der Waals surface area contributed by atoms with Gasteiger partial charge in [0.2, 0.25) is 0 Å². The van der Waals surface area contributed by atoms with Crippen molar-refractivity contribution >= 4 is 11.5 Å². The highest BCUT2D eigenvalue weighted by atomic mass is 15.1. The van der Waals surface area contributed by atoms with E-state index in [1.165, 1.54) is 0 Å². The van der Waals surface area contributed by atoms with Gasteiger partial charge in [-0.05, 0) is 25.5 Å². The average molecular weight is 189 g/mol. The summed E-state index contributed by atoms with van der Waals surface area (Å²) in [6.07, 6.45) is 2.03. The van der Waals surface area contributed by atoms with E-state index in [2.05, 4.69) is 11.9 Å². The first kappa shape index (κ1) is 9.06. The van der Waals surface area contributed by atoms with Crippen LogP contribution in [0.2, 0.25) is 0 Å². The Balaban J connectivity index is 2.68. The zero-order chi connectivity index (χ0) is 10.1. The second-order valence-electron chi connectivity index (χ2n) is 3.55. The van der Waals surface area contributed by atoms with Gasteiger partial charge in [-0.2, -0.15) is 0 Å². The second-order valence-corrected chi connectivity index (χ2v) is 3.55. The van der Waals surface area contributed by atoms with E-state index in [-0.39, 0.29) is 0 Å². The van der Waals surface area contributed by atoms with Crippen molar-refractivity contribution in [1.82, 2.24) is 9.38 Å². The second kappa shape index (κ2) is 3.33. The number of hydrogen-bond donors (Lipinski definition) is 1. The van der Waals surface area contributed by atoms with Crippen molar-refractivity contribution in [3.05, 3.63) is 29.6 Å². The summed E-state index contributed by atoms with van der Waals surface area (Å²) >= 11 is 0. The lowest BCUT2D eigenvalue weighted by Gasteiger charge is -2.00. The van der Waals surface area contributed by atoms with E-state index in [1.54, 1.807) is 0 Å². The van der Waals surface area contributed by atoms with Crippen molar-refractivity contribution in [2.24, 2.45) is 0 Å². The lowest BCUT2D eigenvalue weighted by molar-refractivity contribution is 0.897. The third kappa shape index (κ3) is 1.25. The molecule has 0 amide bonds. The van der Waals surface area contributed by atoms with E-state index in [0.717, 1.165) is 35.7 Å². The van der Waals surface area contributed by atoms with Crippen molar-refractivity contribution in [3.63, 3.8) is 0 Å². The Morgan fingerprint density at radius 1 is 1.43 bits per heavy atom. The van der Waals surface area contributed by atoms with Gasteiger partial charge in [0, 0.05) is 5.69 Å². The van der Waals surface area contributed by atoms with Crippen molar-refractivity contribution in [2.75, 3.05) is 5.73 Å². The first-order valence-electron chi connectivity index (χ1n) is 4.96. The van der Waals surface area contributed by atoms with E-state index in [4.69, 9.17) is 5.73 Å². The van der Waals surface area contributed by atoms with E-state index in [1.807, 2.05) is 29.5 Å². The normalized spacial score (nSPS) is 11.0. The topological polar surface area (TPSA) is 43.3 Å². The molecule has 0 unspecified atom stereocenters. The summed E-state index contributed by atoms with van der Waals surface area (Å²) in [4.78, 5) is 4.50. The van der Waals surface area contributed by atoms with Gasteiger partial charge in [-0.25, -0.2) is 4.98 Å². The average Bonchev–Trinajstić information content (AvgIpc) is 2.46. The molecule has 0 spiro atoms. The quantitative estimate of drug-likeness (QED) is 0.786. The molecule has 2 rings (SSSR count). The van der Waals surface area contributed by atoms with Crippen LogP contribution in [0, 0.1) is 6.92 Å². The molecule has 0 fully saturated rings. The predicted octanol–water partition coefficient (Wildman–Crippen LogP) is 2.18. The van der Waals surface area contributed by atoms with Crippen LogP contribution in [0.1, 0.15) is 24.7 Å². The number of anilines is 1. The first-order chi connectivity index (χ1) is 6.74. The molecule has 0 aromatic carbocycles. The summed E-state index contributed by atoms with van der Waals surface area (Å²) in [6, 6.07) is 6.04. The number of aryl methyl sites for hydroxylation is 2. The summed E-state index contributed by atoms with van der Waals surface area (Å²) < 4.78 is 2.00. The molecule has 0 bridgehead atoms. The van der Waals surface area contributed by atoms with Crippen LogP contribution >= 0.6 is 0 Å². The van der Waals surface area contributed by atoms with Crippen molar-refractivity contribution < 1.29 is 0 Å². The molecule has 0 aliphatic rings. The number of nitrogens with two attached hydrogens (primary N) is 1. The van der Waals surface area contributed by atoms with Crippen LogP contribution in [-0.4, -0.2) is 9.38 Å². The molecule has 2 aromatic heterocycles. The van der Waals surface area contributed by atoms with E-state index >= 15 is 0 Å². The fourth-order valence-electron chi connectivity index (χ4n) is 1.75. The number of pyridine rings is 1. The zero-order valence-electron chi connectivity index (χ0n) is 8.62. The number of fused-ring (bicyclic) bond motifs is 1. The third-order valence-electron chi connectivity index (χ3n) is 2.44. The van der Waals surface area contributed by atoms with E-state index in [9.17, 15) is 0 Å². The zero-order valence-corrected chi connectivity index (χ0v) is 8.62. The van der Waals surface area contributed by atoms with Crippen LogP contribution in [0.25, 0.3) is 5.65 Å². The van der Waals surface area contributed by atoms with Gasteiger partial charge in [-0.1, -0.05) is 19.4 Å². The molecule has 0 saturated carbocycles. The monoisotopic (exact) mass is 189 g/mol. The minimum absolute atomic E-state index is 0.792. The lowest BCUT2D eigenvalue weighted by atomic mass is 10.2. The SMILES string of the molecule is CCCc1nc2cccc(C)n2c1N. The van der Waals surface area contributed by atoms with Gasteiger partial charge >= 0.3 is 0 Å².